The quantitative estimate of drug-likeness (QED) is 0.550. The van der Waals surface area contributed by atoms with Crippen LogP contribution in [-0.2, 0) is 14.9 Å². The molecule has 0 saturated carbocycles. The summed E-state index contributed by atoms with van der Waals surface area (Å²) in [4.78, 5) is 7.63. The lowest BCUT2D eigenvalue weighted by atomic mass is 9.89. The number of halogens is 4. The van der Waals surface area contributed by atoms with E-state index in [4.69, 9.17) is 9.66 Å². The van der Waals surface area contributed by atoms with Gasteiger partial charge in [-0.15, -0.1) is 0 Å². The molecule has 0 fully saturated rings. The van der Waals surface area contributed by atoms with Crippen LogP contribution >= 0.6 is 0 Å². The second-order valence-corrected chi connectivity index (χ2v) is 3.99. The molecule has 0 aromatic heterocycles. The fraction of sp³-hybridized carbons (Fsp3) is 0.400. The molecule has 15 heavy (non-hydrogen) atoms. The molecule has 5 nitrogen and oxygen atoms in total. The summed E-state index contributed by atoms with van der Waals surface area (Å²) in [6.07, 6.45) is 0. The maximum absolute atomic E-state index is 12.5. The molecule has 0 aromatic carbocycles. The highest BCUT2D eigenvalue weighted by Gasteiger charge is 2.77. The van der Waals surface area contributed by atoms with E-state index in [2.05, 4.69) is 0 Å². The molecular formula is C5H2F4O5S. The first kappa shape index (κ1) is 11.9. The summed E-state index contributed by atoms with van der Waals surface area (Å²) in [6.45, 7) is 0. The van der Waals surface area contributed by atoms with Gasteiger partial charge in [0.2, 0.25) is 0 Å². The smallest absolute Gasteiger partial charge is 0.353 e. The van der Waals surface area contributed by atoms with Gasteiger partial charge in [0, 0.05) is 0 Å². The summed E-state index contributed by atoms with van der Waals surface area (Å²) < 4.78 is 78.5. The zero-order valence-electron chi connectivity index (χ0n) is 6.54. The van der Waals surface area contributed by atoms with Crippen LogP contribution in [0, 0.1) is 0 Å². The molecule has 0 spiro atoms. The Bertz CT molecular complexity index is 462. The first-order valence-corrected chi connectivity index (χ1v) is 4.59. The highest BCUT2D eigenvalue weighted by molar-refractivity contribution is 7.90. The molecule has 0 saturated heterocycles. The molecule has 0 unspecified atom stereocenters. The molecule has 1 aliphatic rings. The Kier molecular flexibility index (Phi) is 2.14. The first-order chi connectivity index (χ1) is 6.44. The van der Waals surface area contributed by atoms with E-state index in [1.165, 1.54) is 0 Å². The Hall–Kier alpha value is -1.16. The zero-order chi connectivity index (χ0) is 12.2. The number of carboxylic acid groups (broad SMARTS) is 1. The largest absolute Gasteiger partial charge is 0.478 e. The maximum Gasteiger partial charge on any atom is 0.353 e. The van der Waals surface area contributed by atoms with Crippen molar-refractivity contribution >= 4 is 16.1 Å². The van der Waals surface area contributed by atoms with Crippen molar-refractivity contribution in [3.63, 3.8) is 0 Å². The lowest BCUT2D eigenvalue weighted by Gasteiger charge is -2.36. The summed E-state index contributed by atoms with van der Waals surface area (Å²) in [7, 11) is -5.67. The van der Waals surface area contributed by atoms with Gasteiger partial charge in [-0.3, -0.25) is 4.55 Å². The van der Waals surface area contributed by atoms with Gasteiger partial charge < -0.3 is 5.11 Å². The SMILES string of the molecule is O=C(O)C1=C(S(=O)(=O)O)C(F)(F)C1(F)F. The van der Waals surface area contributed by atoms with Crippen LogP contribution in [0.25, 0.3) is 0 Å². The van der Waals surface area contributed by atoms with Gasteiger partial charge >= 0.3 is 17.8 Å². The van der Waals surface area contributed by atoms with Crippen LogP contribution in [0.5, 0.6) is 0 Å². The van der Waals surface area contributed by atoms with E-state index in [0.717, 1.165) is 0 Å². The van der Waals surface area contributed by atoms with Crippen LogP contribution < -0.4 is 0 Å². The summed E-state index contributed by atoms with van der Waals surface area (Å²) in [5.74, 6) is -12.8. The third kappa shape index (κ3) is 1.32. The van der Waals surface area contributed by atoms with Crippen molar-refractivity contribution in [2.45, 2.75) is 11.8 Å². The molecule has 0 aliphatic heterocycles. The number of hydrogen-bond donors (Lipinski definition) is 2. The van der Waals surface area contributed by atoms with Crippen LogP contribution in [0.2, 0.25) is 0 Å². The van der Waals surface area contributed by atoms with Crippen LogP contribution in [-0.4, -0.2) is 35.9 Å². The molecular weight excluding hydrogens is 248 g/mol. The summed E-state index contributed by atoms with van der Waals surface area (Å²) in [6, 6.07) is 0. The Labute approximate surface area is 79.8 Å². The predicted octanol–water partition coefficient (Wildman–Crippen LogP) is 0.497. The average molecular weight is 250 g/mol. The minimum absolute atomic E-state index is 2.31. The topological polar surface area (TPSA) is 91.7 Å². The van der Waals surface area contributed by atoms with Crippen LogP contribution in [0.4, 0.5) is 17.6 Å². The number of hydrogen-bond acceptors (Lipinski definition) is 3. The van der Waals surface area contributed by atoms with Crippen molar-refractivity contribution < 1.29 is 40.4 Å². The summed E-state index contributed by atoms with van der Waals surface area (Å²) in [5, 5.41) is 8.09. The van der Waals surface area contributed by atoms with Crippen LogP contribution in [0.3, 0.4) is 0 Å². The molecule has 0 bridgehead atoms. The van der Waals surface area contributed by atoms with Gasteiger partial charge in [-0.25, -0.2) is 4.79 Å². The predicted molar refractivity (Wildman–Crippen MR) is 36.1 cm³/mol. The maximum atomic E-state index is 12.5. The Morgan fingerprint density at radius 1 is 1.13 bits per heavy atom. The molecule has 1 rings (SSSR count). The van der Waals surface area contributed by atoms with Crippen molar-refractivity contribution in [2.24, 2.45) is 0 Å². The fourth-order valence-corrected chi connectivity index (χ4v) is 1.98. The fourth-order valence-electron chi connectivity index (χ4n) is 1.06. The summed E-state index contributed by atoms with van der Waals surface area (Å²) in [5.41, 5.74) is -2.31. The van der Waals surface area contributed by atoms with Crippen molar-refractivity contribution in [1.29, 1.82) is 0 Å². The third-order valence-electron chi connectivity index (χ3n) is 1.69. The van der Waals surface area contributed by atoms with Crippen molar-refractivity contribution in [2.75, 3.05) is 0 Å². The molecule has 1 aliphatic carbocycles. The van der Waals surface area contributed by atoms with Crippen LogP contribution in [0.1, 0.15) is 0 Å². The van der Waals surface area contributed by atoms with E-state index in [-0.39, 0.29) is 0 Å². The molecule has 0 radical (unpaired) electrons. The van der Waals surface area contributed by atoms with E-state index < -0.39 is 38.4 Å². The number of aliphatic carboxylic acids is 1. The Morgan fingerprint density at radius 3 is 1.73 bits per heavy atom. The molecule has 0 aromatic rings. The van der Waals surface area contributed by atoms with Crippen LogP contribution in [0.15, 0.2) is 10.5 Å². The number of carbonyl (C=O) groups is 1. The minimum Gasteiger partial charge on any atom is -0.478 e. The molecule has 0 amide bonds. The highest BCUT2D eigenvalue weighted by Crippen LogP contribution is 2.56. The highest BCUT2D eigenvalue weighted by atomic mass is 32.2. The minimum atomic E-state index is -5.67. The van der Waals surface area contributed by atoms with E-state index in [0.29, 0.717) is 0 Å². The van der Waals surface area contributed by atoms with Gasteiger partial charge in [0.25, 0.3) is 10.1 Å². The van der Waals surface area contributed by atoms with Crippen molar-refractivity contribution in [3.05, 3.63) is 10.5 Å². The van der Waals surface area contributed by atoms with Gasteiger partial charge in [0.05, 0.1) is 0 Å². The molecule has 86 valence electrons. The lowest BCUT2D eigenvalue weighted by Crippen LogP contribution is -2.57. The van der Waals surface area contributed by atoms with E-state index >= 15 is 0 Å². The molecule has 2 N–H and O–H groups in total. The number of alkyl halides is 4. The first-order valence-electron chi connectivity index (χ1n) is 3.15. The monoisotopic (exact) mass is 250 g/mol. The lowest BCUT2D eigenvalue weighted by molar-refractivity contribution is -0.192. The van der Waals surface area contributed by atoms with Crippen molar-refractivity contribution in [1.82, 2.24) is 0 Å². The Balaban J connectivity index is 3.58. The van der Waals surface area contributed by atoms with Gasteiger partial charge in [-0.05, 0) is 0 Å². The van der Waals surface area contributed by atoms with Gasteiger partial charge in [-0.2, -0.15) is 26.0 Å². The molecule has 10 heteroatoms. The molecule has 0 heterocycles. The second kappa shape index (κ2) is 2.70. The van der Waals surface area contributed by atoms with E-state index in [1.807, 2.05) is 0 Å². The normalized spacial score (nSPS) is 23.5. The number of carboxylic acids is 1. The third-order valence-corrected chi connectivity index (χ3v) is 2.67. The second-order valence-electron chi connectivity index (χ2n) is 2.63. The van der Waals surface area contributed by atoms with E-state index in [9.17, 15) is 30.8 Å². The van der Waals surface area contributed by atoms with Gasteiger partial charge in [0.1, 0.15) is 5.57 Å². The van der Waals surface area contributed by atoms with Gasteiger partial charge in [-0.1, -0.05) is 0 Å². The number of allylic oxidation sites excluding steroid dienone is 1. The average Bonchev–Trinajstić information content (AvgIpc) is 1.95. The Morgan fingerprint density at radius 2 is 1.53 bits per heavy atom. The van der Waals surface area contributed by atoms with E-state index in [1.54, 1.807) is 0 Å². The standard InChI is InChI=1S/C5H2F4O5S/c6-4(7)1(3(10)11)2(5(4,8)9)15(12,13)14/h(H,10,11)(H,12,13,14). The zero-order valence-corrected chi connectivity index (χ0v) is 7.36. The molecule has 0 atom stereocenters. The van der Waals surface area contributed by atoms with Crippen molar-refractivity contribution in [3.8, 4) is 0 Å². The summed E-state index contributed by atoms with van der Waals surface area (Å²) >= 11 is 0. The number of rotatable bonds is 2. The van der Waals surface area contributed by atoms with Gasteiger partial charge in [0.15, 0.2) is 4.91 Å².